The second-order valence-electron chi connectivity index (χ2n) is 7.15. The zero-order valence-electron chi connectivity index (χ0n) is 14.1. The van der Waals surface area contributed by atoms with Crippen LogP contribution >= 0.6 is 0 Å². The van der Waals surface area contributed by atoms with Crippen LogP contribution in [0.1, 0.15) is 46.5 Å². The lowest BCUT2D eigenvalue weighted by Gasteiger charge is -2.38. The number of carbonyl (C=O) groups is 2. The number of hydrogen-bond acceptors (Lipinski definition) is 3. The number of carbonyl (C=O) groups excluding carboxylic acids is 2. The summed E-state index contributed by atoms with van der Waals surface area (Å²) in [5, 5.41) is 0. The van der Waals surface area contributed by atoms with E-state index in [1.54, 1.807) is 11.0 Å². The maximum Gasteiger partial charge on any atom is 0.305 e. The van der Waals surface area contributed by atoms with Gasteiger partial charge in [0.25, 0.3) is 0 Å². The van der Waals surface area contributed by atoms with Crippen molar-refractivity contribution in [1.29, 1.82) is 0 Å². The molecule has 1 amide bonds. The van der Waals surface area contributed by atoms with Crippen LogP contribution in [0.2, 0.25) is 0 Å². The molecule has 0 saturated carbocycles. The van der Waals surface area contributed by atoms with Gasteiger partial charge in [-0.15, -0.1) is 0 Å². The molecule has 0 aromatic carbocycles. The van der Waals surface area contributed by atoms with Crippen LogP contribution in [0.15, 0.2) is 23.3 Å². The highest BCUT2D eigenvalue weighted by molar-refractivity contribution is 5.89. The predicted octanol–water partition coefficient (Wildman–Crippen LogP) is 3.09. The fourth-order valence-electron chi connectivity index (χ4n) is 3.47. The third-order valence-electron chi connectivity index (χ3n) is 4.89. The van der Waals surface area contributed by atoms with Crippen LogP contribution in [0.5, 0.6) is 0 Å². The number of likely N-dealkylation sites (tertiary alicyclic amines) is 1. The average molecular weight is 305 g/mol. The van der Waals surface area contributed by atoms with E-state index in [1.807, 2.05) is 6.08 Å². The summed E-state index contributed by atoms with van der Waals surface area (Å²) in [6, 6.07) is 0. The van der Waals surface area contributed by atoms with E-state index >= 15 is 0 Å². The molecule has 0 radical (unpaired) electrons. The summed E-state index contributed by atoms with van der Waals surface area (Å²) >= 11 is 0. The van der Waals surface area contributed by atoms with E-state index in [4.69, 9.17) is 0 Å². The Bertz CT molecular complexity index is 510. The topological polar surface area (TPSA) is 46.6 Å². The predicted molar refractivity (Wildman–Crippen MR) is 86.2 cm³/mol. The molecule has 0 aromatic heterocycles. The van der Waals surface area contributed by atoms with Gasteiger partial charge in [0.15, 0.2) is 0 Å². The molecule has 4 heteroatoms. The van der Waals surface area contributed by atoms with Crippen LogP contribution in [0.25, 0.3) is 0 Å². The Balaban J connectivity index is 1.89. The van der Waals surface area contributed by atoms with Crippen LogP contribution in [0.3, 0.4) is 0 Å². The number of ether oxygens (including phenoxy) is 1. The van der Waals surface area contributed by atoms with E-state index in [2.05, 4.69) is 25.5 Å². The van der Waals surface area contributed by atoms with Crippen molar-refractivity contribution in [2.75, 3.05) is 20.2 Å². The molecule has 1 aliphatic carbocycles. The number of amides is 1. The smallest absolute Gasteiger partial charge is 0.305 e. The first-order chi connectivity index (χ1) is 10.3. The van der Waals surface area contributed by atoms with Crippen LogP contribution < -0.4 is 0 Å². The van der Waals surface area contributed by atoms with Crippen LogP contribution in [-0.2, 0) is 14.3 Å². The van der Waals surface area contributed by atoms with Crippen LogP contribution in [-0.4, -0.2) is 37.0 Å². The minimum atomic E-state index is -0.197. The van der Waals surface area contributed by atoms with Gasteiger partial charge in [-0.25, -0.2) is 0 Å². The highest BCUT2D eigenvalue weighted by Gasteiger charge is 2.32. The molecule has 2 rings (SSSR count). The molecule has 4 nitrogen and oxygen atoms in total. The summed E-state index contributed by atoms with van der Waals surface area (Å²) in [4.78, 5) is 25.2. The second kappa shape index (κ2) is 6.67. The van der Waals surface area contributed by atoms with Crippen LogP contribution in [0, 0.1) is 11.3 Å². The highest BCUT2D eigenvalue weighted by Crippen LogP contribution is 2.40. The van der Waals surface area contributed by atoms with Crippen molar-refractivity contribution >= 4 is 11.9 Å². The van der Waals surface area contributed by atoms with Crippen molar-refractivity contribution in [2.45, 2.75) is 46.5 Å². The number of methoxy groups -OCH3 is 1. The quantitative estimate of drug-likeness (QED) is 0.592. The molecule has 0 aromatic rings. The molecule has 2 aliphatic rings. The lowest BCUT2D eigenvalue weighted by Crippen LogP contribution is -2.50. The molecule has 122 valence electrons. The zero-order chi connectivity index (χ0) is 16.3. The van der Waals surface area contributed by atoms with Gasteiger partial charge in [0.2, 0.25) is 5.91 Å². The Labute approximate surface area is 133 Å². The minimum Gasteiger partial charge on any atom is -0.469 e. The van der Waals surface area contributed by atoms with Crippen molar-refractivity contribution < 1.29 is 14.3 Å². The summed E-state index contributed by atoms with van der Waals surface area (Å²) in [6.45, 7) is 7.96. The molecule has 0 spiro atoms. The van der Waals surface area contributed by atoms with Crippen molar-refractivity contribution in [3.8, 4) is 0 Å². The number of rotatable bonds is 4. The first-order valence-electron chi connectivity index (χ1n) is 8.07. The normalized spacial score (nSPS) is 21.9. The van der Waals surface area contributed by atoms with E-state index < -0.39 is 0 Å². The first kappa shape index (κ1) is 16.8. The fourth-order valence-corrected chi connectivity index (χ4v) is 3.47. The van der Waals surface area contributed by atoms with Crippen molar-refractivity contribution in [3.05, 3.63) is 23.3 Å². The third-order valence-corrected chi connectivity index (χ3v) is 4.89. The summed E-state index contributed by atoms with van der Waals surface area (Å²) in [6.07, 6.45) is 7.63. The van der Waals surface area contributed by atoms with Gasteiger partial charge < -0.3 is 9.64 Å². The van der Waals surface area contributed by atoms with Crippen molar-refractivity contribution in [2.24, 2.45) is 11.3 Å². The Hall–Kier alpha value is -1.58. The van der Waals surface area contributed by atoms with Crippen molar-refractivity contribution in [1.82, 2.24) is 4.90 Å². The minimum absolute atomic E-state index is 0.0442. The second-order valence-corrected chi connectivity index (χ2v) is 7.15. The molecular formula is C18H27NO3. The standard InChI is InChI=1S/C18H27NO3/c1-13-6-5-9-18(2,3)15(13)7-8-16(20)19-11-14(12-19)10-17(21)22-4/h7-8,14H,5-6,9-12H2,1-4H3. The van der Waals surface area contributed by atoms with Gasteiger partial charge in [-0.1, -0.05) is 25.5 Å². The Morgan fingerprint density at radius 2 is 2.05 bits per heavy atom. The molecular weight excluding hydrogens is 278 g/mol. The molecule has 0 unspecified atom stereocenters. The lowest BCUT2D eigenvalue weighted by molar-refractivity contribution is -0.145. The summed E-state index contributed by atoms with van der Waals surface area (Å²) in [7, 11) is 1.40. The van der Waals surface area contributed by atoms with E-state index in [0.29, 0.717) is 19.5 Å². The van der Waals surface area contributed by atoms with Crippen LogP contribution in [0.4, 0.5) is 0 Å². The summed E-state index contributed by atoms with van der Waals surface area (Å²) in [5.74, 6) is 0.0945. The molecule has 1 heterocycles. The molecule has 0 atom stereocenters. The van der Waals surface area contributed by atoms with Gasteiger partial charge in [-0.2, -0.15) is 0 Å². The molecule has 1 fully saturated rings. The first-order valence-corrected chi connectivity index (χ1v) is 8.07. The zero-order valence-corrected chi connectivity index (χ0v) is 14.1. The molecule has 0 bridgehead atoms. The average Bonchev–Trinajstić information content (AvgIpc) is 2.40. The summed E-state index contributed by atoms with van der Waals surface area (Å²) < 4.78 is 4.65. The number of hydrogen-bond donors (Lipinski definition) is 0. The van der Waals surface area contributed by atoms with E-state index in [9.17, 15) is 9.59 Å². The molecule has 1 saturated heterocycles. The number of nitrogens with zero attached hydrogens (tertiary/aromatic N) is 1. The Morgan fingerprint density at radius 1 is 1.36 bits per heavy atom. The maximum atomic E-state index is 12.2. The monoisotopic (exact) mass is 305 g/mol. The Morgan fingerprint density at radius 3 is 2.64 bits per heavy atom. The van der Waals surface area contributed by atoms with Gasteiger partial charge >= 0.3 is 5.97 Å². The van der Waals surface area contributed by atoms with E-state index in [0.717, 1.165) is 6.42 Å². The van der Waals surface area contributed by atoms with Gasteiger partial charge in [0, 0.05) is 25.1 Å². The van der Waals surface area contributed by atoms with Gasteiger partial charge in [-0.3, -0.25) is 9.59 Å². The molecule has 1 aliphatic heterocycles. The third kappa shape index (κ3) is 3.79. The maximum absolute atomic E-state index is 12.2. The molecule has 0 N–H and O–H groups in total. The molecule has 22 heavy (non-hydrogen) atoms. The van der Waals surface area contributed by atoms with Gasteiger partial charge in [0.1, 0.15) is 0 Å². The largest absolute Gasteiger partial charge is 0.469 e. The lowest BCUT2D eigenvalue weighted by atomic mass is 9.72. The van der Waals surface area contributed by atoms with E-state index in [-0.39, 0.29) is 23.2 Å². The van der Waals surface area contributed by atoms with Gasteiger partial charge in [0.05, 0.1) is 13.5 Å². The van der Waals surface area contributed by atoms with Gasteiger partial charge in [-0.05, 0) is 37.2 Å². The number of esters is 1. The van der Waals surface area contributed by atoms with Crippen molar-refractivity contribution in [3.63, 3.8) is 0 Å². The highest BCUT2D eigenvalue weighted by atomic mass is 16.5. The van der Waals surface area contributed by atoms with E-state index in [1.165, 1.54) is 31.1 Å². The SMILES string of the molecule is COC(=O)CC1CN(C(=O)C=CC2=C(C)CCCC2(C)C)C1. The fraction of sp³-hybridized carbons (Fsp3) is 0.667. The number of allylic oxidation sites excluding steroid dienone is 3. The Kier molecular flexibility index (Phi) is 5.09. The summed E-state index contributed by atoms with van der Waals surface area (Å²) in [5.41, 5.74) is 2.85.